The summed E-state index contributed by atoms with van der Waals surface area (Å²) in [5.74, 6) is 0. The van der Waals surface area contributed by atoms with Gasteiger partial charge in [0.15, 0.2) is 0 Å². The molecule has 1 aliphatic rings. The lowest BCUT2D eigenvalue weighted by Crippen LogP contribution is -1.94. The van der Waals surface area contributed by atoms with Crippen molar-refractivity contribution in [3.8, 4) is 11.1 Å². The molecule has 0 aliphatic carbocycles. The van der Waals surface area contributed by atoms with Gasteiger partial charge in [-0.3, -0.25) is 0 Å². The molecule has 5 aromatic rings. The zero-order chi connectivity index (χ0) is 15.0. The van der Waals surface area contributed by atoms with Crippen molar-refractivity contribution in [1.82, 2.24) is 0 Å². The van der Waals surface area contributed by atoms with E-state index in [1.807, 2.05) is 11.8 Å². The Labute approximate surface area is 138 Å². The molecule has 0 saturated carbocycles. The van der Waals surface area contributed by atoms with Crippen molar-refractivity contribution in [3.63, 3.8) is 0 Å². The summed E-state index contributed by atoms with van der Waals surface area (Å²) >= 11 is 1.90. The maximum Gasteiger partial charge on any atom is 0.0213 e. The van der Waals surface area contributed by atoms with Gasteiger partial charge in [-0.15, -0.1) is 0 Å². The Kier molecular flexibility index (Phi) is 2.12. The second-order valence-corrected chi connectivity index (χ2v) is 7.29. The van der Waals surface area contributed by atoms with Crippen molar-refractivity contribution < 1.29 is 0 Å². The predicted molar refractivity (Wildman–Crippen MR) is 99.7 cm³/mol. The Morgan fingerprint density at radius 2 is 1.26 bits per heavy atom. The number of fused-ring (bicyclic) bond motifs is 2. The predicted octanol–water partition coefficient (Wildman–Crippen LogP) is 6.72. The smallest absolute Gasteiger partial charge is 0.0213 e. The lowest BCUT2D eigenvalue weighted by molar-refractivity contribution is 1.41. The lowest BCUT2D eigenvalue weighted by atomic mass is 9.89. The normalized spacial score (nSPS) is 13.0. The summed E-state index contributed by atoms with van der Waals surface area (Å²) in [5, 5.41) is 8.28. The summed E-state index contributed by atoms with van der Waals surface area (Å²) in [4.78, 5) is 2.74. The minimum Gasteiger partial charge on any atom is -0.0888 e. The molecule has 0 amide bonds. The summed E-state index contributed by atoms with van der Waals surface area (Å²) in [6.07, 6.45) is 0. The third-order valence-corrected chi connectivity index (χ3v) is 6.11. The van der Waals surface area contributed by atoms with Crippen molar-refractivity contribution in [2.75, 3.05) is 0 Å². The highest BCUT2D eigenvalue weighted by Crippen LogP contribution is 2.51. The molecule has 106 valence electrons. The minimum atomic E-state index is 1.34. The quantitative estimate of drug-likeness (QED) is 0.281. The van der Waals surface area contributed by atoms with Crippen molar-refractivity contribution in [2.24, 2.45) is 0 Å². The molecule has 0 bridgehead atoms. The molecule has 0 saturated heterocycles. The second-order valence-electron chi connectivity index (χ2n) is 6.20. The van der Waals surface area contributed by atoms with Crippen LogP contribution in [0.3, 0.4) is 0 Å². The first kappa shape index (κ1) is 12.0. The zero-order valence-corrected chi connectivity index (χ0v) is 13.2. The first-order valence-corrected chi connectivity index (χ1v) is 8.69. The Hall–Kier alpha value is -2.51. The van der Waals surface area contributed by atoms with E-state index in [0.717, 1.165) is 0 Å². The summed E-state index contributed by atoms with van der Waals surface area (Å²) in [6, 6.07) is 26.8. The lowest BCUT2D eigenvalue weighted by Gasteiger charge is -2.23. The standard InChI is InChI=1S/C22H12S/c1-2-7-18-16(6-1)17-11-10-14-9-8-13-4-3-5-15-12-19(23-18)22(17)21(14)20(13)15/h1-12H. The van der Waals surface area contributed by atoms with Gasteiger partial charge in [-0.2, -0.15) is 0 Å². The molecule has 0 aromatic heterocycles. The van der Waals surface area contributed by atoms with Crippen molar-refractivity contribution in [3.05, 3.63) is 72.8 Å². The molecule has 0 atom stereocenters. The third kappa shape index (κ3) is 1.43. The Bertz CT molecular complexity index is 1230. The van der Waals surface area contributed by atoms with Gasteiger partial charge in [-0.05, 0) is 50.2 Å². The van der Waals surface area contributed by atoms with Crippen molar-refractivity contribution >= 4 is 44.1 Å². The molecule has 0 radical (unpaired) electrons. The molecule has 0 N–H and O–H groups in total. The fourth-order valence-corrected chi connectivity index (χ4v) is 5.19. The van der Waals surface area contributed by atoms with Crippen LogP contribution in [-0.2, 0) is 0 Å². The average Bonchev–Trinajstić information content (AvgIpc) is 2.61. The number of rotatable bonds is 0. The number of hydrogen-bond acceptors (Lipinski definition) is 1. The van der Waals surface area contributed by atoms with Gasteiger partial charge in [0.2, 0.25) is 0 Å². The summed E-state index contributed by atoms with van der Waals surface area (Å²) in [5.41, 5.74) is 2.74. The monoisotopic (exact) mass is 308 g/mol. The molecule has 1 heteroatoms. The molecule has 1 aliphatic heterocycles. The molecule has 6 rings (SSSR count). The van der Waals surface area contributed by atoms with E-state index in [1.54, 1.807) is 0 Å². The zero-order valence-electron chi connectivity index (χ0n) is 12.3. The highest BCUT2D eigenvalue weighted by Gasteiger charge is 2.21. The van der Waals surface area contributed by atoms with E-state index in [4.69, 9.17) is 0 Å². The molecule has 0 unspecified atom stereocenters. The largest absolute Gasteiger partial charge is 0.0888 e. The Morgan fingerprint density at radius 1 is 0.478 bits per heavy atom. The third-order valence-electron chi connectivity index (χ3n) is 4.99. The second kappa shape index (κ2) is 4.06. The van der Waals surface area contributed by atoms with Gasteiger partial charge in [-0.25, -0.2) is 0 Å². The molecule has 23 heavy (non-hydrogen) atoms. The van der Waals surface area contributed by atoms with Crippen LogP contribution in [0.5, 0.6) is 0 Å². The maximum atomic E-state index is 2.37. The van der Waals surface area contributed by atoms with Crippen molar-refractivity contribution in [1.29, 1.82) is 0 Å². The van der Waals surface area contributed by atoms with Crippen LogP contribution >= 0.6 is 11.8 Å². The van der Waals surface area contributed by atoms with E-state index >= 15 is 0 Å². The van der Waals surface area contributed by atoms with Crippen LogP contribution in [0.25, 0.3) is 43.4 Å². The molecule has 0 nitrogen and oxygen atoms in total. The fourth-order valence-electron chi connectivity index (χ4n) is 4.01. The number of benzene rings is 5. The highest BCUT2D eigenvalue weighted by atomic mass is 32.2. The van der Waals surface area contributed by atoms with E-state index in [2.05, 4.69) is 72.8 Å². The molecule has 1 heterocycles. The van der Waals surface area contributed by atoms with Crippen LogP contribution in [0.15, 0.2) is 82.6 Å². The van der Waals surface area contributed by atoms with Gasteiger partial charge in [0.05, 0.1) is 0 Å². The van der Waals surface area contributed by atoms with Crippen molar-refractivity contribution in [2.45, 2.75) is 9.79 Å². The molecule has 0 fully saturated rings. The van der Waals surface area contributed by atoms with Crippen LogP contribution < -0.4 is 0 Å². The van der Waals surface area contributed by atoms with Crippen LogP contribution in [0.4, 0.5) is 0 Å². The van der Waals surface area contributed by atoms with Gasteiger partial charge >= 0.3 is 0 Å². The average molecular weight is 308 g/mol. The first-order chi connectivity index (χ1) is 11.4. The van der Waals surface area contributed by atoms with Crippen LogP contribution in [0.2, 0.25) is 0 Å². The van der Waals surface area contributed by atoms with E-state index < -0.39 is 0 Å². The van der Waals surface area contributed by atoms with Crippen LogP contribution in [-0.4, -0.2) is 0 Å². The van der Waals surface area contributed by atoms with E-state index in [1.165, 1.54) is 53.2 Å². The van der Waals surface area contributed by atoms with E-state index in [-0.39, 0.29) is 0 Å². The summed E-state index contributed by atoms with van der Waals surface area (Å²) in [6.45, 7) is 0. The van der Waals surface area contributed by atoms with Gasteiger partial charge in [0.25, 0.3) is 0 Å². The maximum absolute atomic E-state index is 2.37. The van der Waals surface area contributed by atoms with E-state index in [9.17, 15) is 0 Å². The SMILES string of the molecule is c1ccc2c(c1)Sc1cc3cccc4ccc5ccc-2c1c5c43. The molecule has 5 aromatic carbocycles. The summed E-state index contributed by atoms with van der Waals surface area (Å²) < 4.78 is 0. The topological polar surface area (TPSA) is 0 Å². The fraction of sp³-hybridized carbons (Fsp3) is 0. The van der Waals surface area contributed by atoms with Gasteiger partial charge in [-0.1, -0.05) is 72.4 Å². The van der Waals surface area contributed by atoms with Gasteiger partial charge in [0.1, 0.15) is 0 Å². The number of hydrogen-bond donors (Lipinski definition) is 0. The highest BCUT2D eigenvalue weighted by molar-refractivity contribution is 7.99. The summed E-state index contributed by atoms with van der Waals surface area (Å²) in [7, 11) is 0. The van der Waals surface area contributed by atoms with E-state index in [0.29, 0.717) is 0 Å². The van der Waals surface area contributed by atoms with Gasteiger partial charge in [0, 0.05) is 15.2 Å². The molecular formula is C22H12S. The Morgan fingerprint density at radius 3 is 2.22 bits per heavy atom. The Balaban J connectivity index is 1.95. The van der Waals surface area contributed by atoms with Crippen LogP contribution in [0.1, 0.15) is 0 Å². The minimum absolute atomic E-state index is 1.34. The van der Waals surface area contributed by atoms with Crippen LogP contribution in [0, 0.1) is 0 Å². The molecule has 0 spiro atoms. The first-order valence-electron chi connectivity index (χ1n) is 7.88. The molecular weight excluding hydrogens is 296 g/mol. The van der Waals surface area contributed by atoms with Gasteiger partial charge < -0.3 is 0 Å².